The third-order valence-corrected chi connectivity index (χ3v) is 3.19. The van der Waals surface area contributed by atoms with Crippen LogP contribution in [0.4, 0.5) is 5.69 Å². The Morgan fingerprint density at radius 2 is 2.00 bits per heavy atom. The van der Waals surface area contributed by atoms with Gasteiger partial charge in [0.05, 0.1) is 5.56 Å². The first-order chi connectivity index (χ1) is 9.31. The van der Waals surface area contributed by atoms with E-state index in [2.05, 4.69) is 5.32 Å². The molecule has 3 N–H and O–H groups in total. The molecule has 1 aromatic carbocycles. The normalized spacial score (nSPS) is 12.1. The molecule has 0 aromatic heterocycles. The summed E-state index contributed by atoms with van der Waals surface area (Å²) in [4.78, 5) is 23.4. The molecule has 0 aliphatic carbocycles. The lowest BCUT2D eigenvalue weighted by Gasteiger charge is -2.17. The van der Waals surface area contributed by atoms with Gasteiger partial charge in [0.25, 0.3) is 5.91 Å². The minimum Gasteiger partial charge on any atom is -0.452 e. The lowest BCUT2D eigenvalue weighted by molar-refractivity contribution is -0.125. The van der Waals surface area contributed by atoms with Crippen LogP contribution in [0.3, 0.4) is 0 Å². The van der Waals surface area contributed by atoms with Crippen molar-refractivity contribution in [3.05, 3.63) is 28.8 Å². The van der Waals surface area contributed by atoms with Gasteiger partial charge in [-0.3, -0.25) is 4.79 Å². The van der Waals surface area contributed by atoms with Crippen LogP contribution >= 0.6 is 11.6 Å². The van der Waals surface area contributed by atoms with Gasteiger partial charge in [0, 0.05) is 16.8 Å². The number of esters is 1. The predicted octanol–water partition coefficient (Wildman–Crippen LogP) is 2.24. The fraction of sp³-hybridized carbons (Fsp3) is 0.429. The van der Waals surface area contributed by atoms with Crippen LogP contribution in [0.15, 0.2) is 18.2 Å². The Morgan fingerprint density at radius 3 is 2.55 bits per heavy atom. The Hall–Kier alpha value is -1.75. The fourth-order valence-electron chi connectivity index (χ4n) is 1.39. The van der Waals surface area contributed by atoms with Gasteiger partial charge >= 0.3 is 5.97 Å². The molecule has 0 fully saturated rings. The molecular formula is C14H19ClN2O3. The highest BCUT2D eigenvalue weighted by Gasteiger charge is 2.15. The minimum absolute atomic E-state index is 0.0156. The minimum atomic E-state index is -0.647. The Labute approximate surface area is 123 Å². The van der Waals surface area contributed by atoms with Crippen molar-refractivity contribution in [2.24, 2.45) is 5.92 Å². The quantitative estimate of drug-likeness (QED) is 0.645. The number of anilines is 1. The van der Waals surface area contributed by atoms with Crippen LogP contribution in [0.1, 0.15) is 31.1 Å². The zero-order valence-corrected chi connectivity index (χ0v) is 12.5. The van der Waals surface area contributed by atoms with Crippen LogP contribution < -0.4 is 11.1 Å². The summed E-state index contributed by atoms with van der Waals surface area (Å²) in [5.74, 6) is -0.680. The summed E-state index contributed by atoms with van der Waals surface area (Å²) >= 11 is 5.74. The van der Waals surface area contributed by atoms with E-state index < -0.39 is 5.97 Å². The summed E-state index contributed by atoms with van der Waals surface area (Å²) in [6.07, 6.45) is 0. The van der Waals surface area contributed by atoms with Gasteiger partial charge in [-0.1, -0.05) is 25.4 Å². The Kier molecular flexibility index (Phi) is 5.82. The van der Waals surface area contributed by atoms with Crippen LogP contribution in [0.25, 0.3) is 0 Å². The van der Waals surface area contributed by atoms with Crippen molar-refractivity contribution in [1.29, 1.82) is 0 Å². The molecule has 1 unspecified atom stereocenters. The molecule has 0 heterocycles. The molecule has 1 aromatic rings. The molecule has 1 rings (SSSR count). The van der Waals surface area contributed by atoms with Crippen LogP contribution in [0, 0.1) is 5.92 Å². The van der Waals surface area contributed by atoms with Crippen molar-refractivity contribution in [3.8, 4) is 0 Å². The van der Waals surface area contributed by atoms with Crippen molar-refractivity contribution in [3.63, 3.8) is 0 Å². The molecule has 0 aliphatic heterocycles. The second-order valence-electron chi connectivity index (χ2n) is 4.91. The van der Waals surface area contributed by atoms with E-state index in [1.807, 2.05) is 20.8 Å². The lowest BCUT2D eigenvalue weighted by atomic mass is 10.1. The molecule has 0 aliphatic rings. The molecule has 110 valence electrons. The van der Waals surface area contributed by atoms with Gasteiger partial charge in [0.15, 0.2) is 6.61 Å². The first-order valence-corrected chi connectivity index (χ1v) is 6.70. The van der Waals surface area contributed by atoms with Crippen molar-refractivity contribution in [1.82, 2.24) is 5.32 Å². The molecule has 20 heavy (non-hydrogen) atoms. The van der Waals surface area contributed by atoms with Crippen molar-refractivity contribution >= 4 is 29.2 Å². The van der Waals surface area contributed by atoms with Gasteiger partial charge in [0.2, 0.25) is 0 Å². The molecule has 0 saturated heterocycles. The maximum Gasteiger partial charge on any atom is 0.340 e. The van der Waals surface area contributed by atoms with Crippen LogP contribution in [-0.4, -0.2) is 24.5 Å². The molecule has 0 bridgehead atoms. The molecule has 1 atom stereocenters. The van der Waals surface area contributed by atoms with E-state index in [4.69, 9.17) is 22.1 Å². The van der Waals surface area contributed by atoms with Gasteiger partial charge in [-0.15, -0.1) is 0 Å². The number of rotatable bonds is 5. The van der Waals surface area contributed by atoms with Gasteiger partial charge < -0.3 is 15.8 Å². The summed E-state index contributed by atoms with van der Waals surface area (Å²) in [5, 5.41) is 3.17. The molecule has 0 saturated carbocycles. The van der Waals surface area contributed by atoms with Gasteiger partial charge in [0.1, 0.15) is 0 Å². The third kappa shape index (κ3) is 4.74. The van der Waals surface area contributed by atoms with Crippen LogP contribution in [-0.2, 0) is 9.53 Å². The number of nitrogen functional groups attached to an aromatic ring is 1. The average molecular weight is 299 g/mol. The van der Waals surface area contributed by atoms with Gasteiger partial charge in [-0.05, 0) is 31.0 Å². The van der Waals surface area contributed by atoms with E-state index in [0.717, 1.165) is 0 Å². The Bertz CT molecular complexity index is 503. The average Bonchev–Trinajstić information content (AvgIpc) is 2.35. The molecular weight excluding hydrogens is 280 g/mol. The molecule has 0 spiro atoms. The lowest BCUT2D eigenvalue weighted by Crippen LogP contribution is -2.38. The largest absolute Gasteiger partial charge is 0.452 e. The van der Waals surface area contributed by atoms with Crippen LogP contribution in [0.5, 0.6) is 0 Å². The van der Waals surface area contributed by atoms with Gasteiger partial charge in [-0.25, -0.2) is 4.79 Å². The first-order valence-electron chi connectivity index (χ1n) is 6.32. The Balaban J connectivity index is 2.53. The van der Waals surface area contributed by atoms with E-state index in [1.54, 1.807) is 0 Å². The highest BCUT2D eigenvalue weighted by Crippen LogP contribution is 2.18. The first kappa shape index (κ1) is 16.3. The second-order valence-corrected chi connectivity index (χ2v) is 5.34. The van der Waals surface area contributed by atoms with Crippen LogP contribution in [0.2, 0.25) is 5.02 Å². The number of carbonyl (C=O) groups is 2. The summed E-state index contributed by atoms with van der Waals surface area (Å²) in [5.41, 5.74) is 6.08. The standard InChI is InChI=1S/C14H19ClN2O3/c1-8(2)9(3)17-13(18)7-20-14(19)11-5-4-10(15)6-12(11)16/h4-6,8-9H,7,16H2,1-3H3,(H,17,18). The maximum absolute atomic E-state index is 11.8. The zero-order valence-electron chi connectivity index (χ0n) is 11.8. The number of nitrogens with two attached hydrogens (primary N) is 1. The monoisotopic (exact) mass is 298 g/mol. The topological polar surface area (TPSA) is 81.4 Å². The molecule has 1 amide bonds. The smallest absolute Gasteiger partial charge is 0.340 e. The van der Waals surface area contributed by atoms with E-state index >= 15 is 0 Å². The number of carbonyl (C=O) groups excluding carboxylic acids is 2. The molecule has 5 nitrogen and oxygen atoms in total. The summed E-state index contributed by atoms with van der Waals surface area (Å²) in [7, 11) is 0. The van der Waals surface area contributed by atoms with Crippen molar-refractivity contribution < 1.29 is 14.3 Å². The van der Waals surface area contributed by atoms with Crippen molar-refractivity contribution in [2.75, 3.05) is 12.3 Å². The summed E-state index contributed by atoms with van der Waals surface area (Å²) in [6.45, 7) is 5.54. The Morgan fingerprint density at radius 1 is 1.35 bits per heavy atom. The van der Waals surface area contributed by atoms with E-state index in [0.29, 0.717) is 10.9 Å². The number of nitrogens with one attached hydrogen (secondary N) is 1. The van der Waals surface area contributed by atoms with Gasteiger partial charge in [-0.2, -0.15) is 0 Å². The second kappa shape index (κ2) is 7.14. The number of hydrogen-bond donors (Lipinski definition) is 2. The highest BCUT2D eigenvalue weighted by atomic mass is 35.5. The van der Waals surface area contributed by atoms with E-state index in [-0.39, 0.29) is 29.8 Å². The third-order valence-electron chi connectivity index (χ3n) is 2.96. The summed E-state index contributed by atoms with van der Waals surface area (Å²) in [6, 6.07) is 4.48. The predicted molar refractivity (Wildman–Crippen MR) is 78.6 cm³/mol. The molecule has 6 heteroatoms. The SMILES string of the molecule is CC(C)C(C)NC(=O)COC(=O)c1ccc(Cl)cc1N. The number of benzene rings is 1. The number of hydrogen-bond acceptors (Lipinski definition) is 4. The fourth-order valence-corrected chi connectivity index (χ4v) is 1.57. The number of ether oxygens (including phenoxy) is 1. The van der Waals surface area contributed by atoms with Crippen molar-refractivity contribution in [2.45, 2.75) is 26.8 Å². The number of halogens is 1. The van der Waals surface area contributed by atoms with E-state index in [9.17, 15) is 9.59 Å². The summed E-state index contributed by atoms with van der Waals surface area (Å²) < 4.78 is 4.92. The maximum atomic E-state index is 11.8. The van der Waals surface area contributed by atoms with E-state index in [1.165, 1.54) is 18.2 Å². The zero-order chi connectivity index (χ0) is 15.3. The highest BCUT2D eigenvalue weighted by molar-refractivity contribution is 6.31. The number of amides is 1. The molecule has 0 radical (unpaired) electrons.